The Kier molecular flexibility index (Phi) is 4.65. The summed E-state index contributed by atoms with van der Waals surface area (Å²) in [4.78, 5) is 22.2. The molecule has 0 radical (unpaired) electrons. The molecule has 114 valence electrons. The van der Waals surface area contributed by atoms with Gasteiger partial charge in [-0.15, -0.1) is 0 Å². The van der Waals surface area contributed by atoms with E-state index in [1.165, 1.54) is 12.4 Å². The van der Waals surface area contributed by atoms with Crippen LogP contribution < -0.4 is 0 Å². The fraction of sp³-hybridized carbons (Fsp3) is 0.312. The van der Waals surface area contributed by atoms with Gasteiger partial charge in [-0.25, -0.2) is 4.98 Å². The molecule has 0 aliphatic carbocycles. The molecule has 0 N–H and O–H groups in total. The van der Waals surface area contributed by atoms with Crippen molar-refractivity contribution >= 4 is 17.5 Å². The molecule has 2 aromatic rings. The van der Waals surface area contributed by atoms with E-state index in [1.807, 2.05) is 24.3 Å². The van der Waals surface area contributed by atoms with Crippen LogP contribution in [-0.2, 0) is 11.2 Å². The van der Waals surface area contributed by atoms with E-state index < -0.39 is 0 Å². The third kappa shape index (κ3) is 3.61. The van der Waals surface area contributed by atoms with Crippen LogP contribution in [0.25, 0.3) is 0 Å². The standard InChI is InChI=1S/C16H16ClN3O2/c17-13-3-1-12(2-4-13)9-14-11-20(7-8-22-14)16(21)15-10-18-5-6-19-15/h1-6,10,14H,7-9,11H2/t14-/m0/s1. The molecule has 1 aliphatic rings. The van der Waals surface area contributed by atoms with Crippen LogP contribution >= 0.6 is 11.6 Å². The number of hydrogen-bond acceptors (Lipinski definition) is 4. The third-order valence-electron chi connectivity index (χ3n) is 3.58. The maximum atomic E-state index is 12.4. The van der Waals surface area contributed by atoms with E-state index in [4.69, 9.17) is 16.3 Å². The summed E-state index contributed by atoms with van der Waals surface area (Å²) in [6, 6.07) is 7.69. The second-order valence-electron chi connectivity index (χ2n) is 5.17. The van der Waals surface area contributed by atoms with Crippen LogP contribution in [-0.4, -0.2) is 46.6 Å². The van der Waals surface area contributed by atoms with Gasteiger partial charge in [0.2, 0.25) is 0 Å². The smallest absolute Gasteiger partial charge is 0.274 e. The molecule has 5 nitrogen and oxygen atoms in total. The molecule has 1 fully saturated rings. The number of ether oxygens (including phenoxy) is 1. The highest BCUT2D eigenvalue weighted by Crippen LogP contribution is 2.15. The molecule has 1 saturated heterocycles. The van der Waals surface area contributed by atoms with E-state index in [2.05, 4.69) is 9.97 Å². The Morgan fingerprint density at radius 1 is 1.32 bits per heavy atom. The number of halogens is 1. The zero-order valence-electron chi connectivity index (χ0n) is 12.0. The van der Waals surface area contributed by atoms with Crippen molar-refractivity contribution < 1.29 is 9.53 Å². The van der Waals surface area contributed by atoms with Gasteiger partial charge in [-0.05, 0) is 17.7 Å². The Hall–Kier alpha value is -1.98. The summed E-state index contributed by atoms with van der Waals surface area (Å²) < 4.78 is 5.77. The third-order valence-corrected chi connectivity index (χ3v) is 3.84. The first-order valence-electron chi connectivity index (χ1n) is 7.14. The van der Waals surface area contributed by atoms with Crippen molar-refractivity contribution in [3.8, 4) is 0 Å². The molecule has 2 heterocycles. The first-order valence-corrected chi connectivity index (χ1v) is 7.51. The summed E-state index contributed by atoms with van der Waals surface area (Å²) in [5, 5.41) is 0.716. The Labute approximate surface area is 133 Å². The average molecular weight is 318 g/mol. The Morgan fingerprint density at radius 2 is 2.14 bits per heavy atom. The normalized spacial score (nSPS) is 18.2. The first kappa shape index (κ1) is 14.9. The number of nitrogens with zero attached hydrogens (tertiary/aromatic N) is 3. The minimum atomic E-state index is -0.0995. The molecule has 1 aromatic heterocycles. The van der Waals surface area contributed by atoms with Crippen molar-refractivity contribution in [3.63, 3.8) is 0 Å². The molecular formula is C16H16ClN3O2. The summed E-state index contributed by atoms with van der Waals surface area (Å²) in [6.07, 6.45) is 5.31. The molecule has 3 rings (SSSR count). The fourth-order valence-corrected chi connectivity index (χ4v) is 2.61. The van der Waals surface area contributed by atoms with Crippen LogP contribution in [0.3, 0.4) is 0 Å². The molecule has 1 aromatic carbocycles. The minimum absolute atomic E-state index is 0.0180. The largest absolute Gasteiger partial charge is 0.374 e. The lowest BCUT2D eigenvalue weighted by Gasteiger charge is -2.32. The van der Waals surface area contributed by atoms with Gasteiger partial charge in [-0.1, -0.05) is 23.7 Å². The van der Waals surface area contributed by atoms with E-state index in [1.54, 1.807) is 11.1 Å². The van der Waals surface area contributed by atoms with Crippen LogP contribution in [0.5, 0.6) is 0 Å². The average Bonchev–Trinajstić information content (AvgIpc) is 2.57. The maximum Gasteiger partial charge on any atom is 0.274 e. The molecule has 1 amide bonds. The lowest BCUT2D eigenvalue weighted by atomic mass is 10.1. The van der Waals surface area contributed by atoms with Crippen LogP contribution in [0.2, 0.25) is 5.02 Å². The monoisotopic (exact) mass is 317 g/mol. The van der Waals surface area contributed by atoms with Crippen LogP contribution in [0.15, 0.2) is 42.9 Å². The fourth-order valence-electron chi connectivity index (χ4n) is 2.48. The van der Waals surface area contributed by atoms with E-state index in [0.29, 0.717) is 30.4 Å². The van der Waals surface area contributed by atoms with E-state index in [-0.39, 0.29) is 12.0 Å². The van der Waals surface area contributed by atoms with Crippen LogP contribution in [0.4, 0.5) is 0 Å². The molecule has 22 heavy (non-hydrogen) atoms. The van der Waals surface area contributed by atoms with E-state index >= 15 is 0 Å². The number of carbonyl (C=O) groups excluding carboxylic acids is 1. The number of benzene rings is 1. The van der Waals surface area contributed by atoms with Gasteiger partial charge < -0.3 is 9.64 Å². The molecule has 0 spiro atoms. The Morgan fingerprint density at radius 3 is 2.86 bits per heavy atom. The number of hydrogen-bond donors (Lipinski definition) is 0. The maximum absolute atomic E-state index is 12.4. The van der Waals surface area contributed by atoms with Gasteiger partial charge in [0.1, 0.15) is 5.69 Å². The number of morpholine rings is 1. The van der Waals surface area contributed by atoms with E-state index in [0.717, 1.165) is 12.0 Å². The van der Waals surface area contributed by atoms with Gasteiger partial charge in [0.05, 0.1) is 18.9 Å². The topological polar surface area (TPSA) is 55.3 Å². The van der Waals surface area contributed by atoms with E-state index in [9.17, 15) is 4.79 Å². The highest BCUT2D eigenvalue weighted by atomic mass is 35.5. The van der Waals surface area contributed by atoms with Crippen LogP contribution in [0.1, 0.15) is 16.1 Å². The van der Waals surface area contributed by atoms with Gasteiger partial charge in [-0.3, -0.25) is 9.78 Å². The van der Waals surface area contributed by atoms with Gasteiger partial charge in [0.25, 0.3) is 5.91 Å². The zero-order valence-corrected chi connectivity index (χ0v) is 12.7. The van der Waals surface area contributed by atoms with Crippen molar-refractivity contribution in [1.82, 2.24) is 14.9 Å². The summed E-state index contributed by atoms with van der Waals surface area (Å²) in [6.45, 7) is 1.66. The number of rotatable bonds is 3. The van der Waals surface area contributed by atoms with Gasteiger partial charge >= 0.3 is 0 Å². The predicted octanol–water partition coefficient (Wildman–Crippen LogP) is 2.21. The lowest BCUT2D eigenvalue weighted by Crippen LogP contribution is -2.46. The van der Waals surface area contributed by atoms with Crippen molar-refractivity contribution in [2.45, 2.75) is 12.5 Å². The van der Waals surface area contributed by atoms with Gasteiger partial charge in [-0.2, -0.15) is 0 Å². The quantitative estimate of drug-likeness (QED) is 0.871. The zero-order chi connectivity index (χ0) is 15.4. The minimum Gasteiger partial charge on any atom is -0.374 e. The molecule has 1 aliphatic heterocycles. The molecule has 1 atom stereocenters. The van der Waals surface area contributed by atoms with Crippen molar-refractivity contribution in [2.24, 2.45) is 0 Å². The molecule has 6 heteroatoms. The molecule has 0 unspecified atom stereocenters. The summed E-state index contributed by atoms with van der Waals surface area (Å²) in [5.74, 6) is -0.0995. The molecular weight excluding hydrogens is 302 g/mol. The second kappa shape index (κ2) is 6.85. The van der Waals surface area contributed by atoms with Crippen molar-refractivity contribution in [2.75, 3.05) is 19.7 Å². The SMILES string of the molecule is O=C(c1cnccn1)N1CCO[C@@H](Cc2ccc(Cl)cc2)C1. The number of carbonyl (C=O) groups is 1. The van der Waals surface area contributed by atoms with Crippen molar-refractivity contribution in [1.29, 1.82) is 0 Å². The summed E-state index contributed by atoms with van der Waals surface area (Å²) in [5.41, 5.74) is 1.51. The highest BCUT2D eigenvalue weighted by Gasteiger charge is 2.25. The first-order chi connectivity index (χ1) is 10.7. The number of aromatic nitrogens is 2. The highest BCUT2D eigenvalue weighted by molar-refractivity contribution is 6.30. The molecule has 0 bridgehead atoms. The number of amides is 1. The van der Waals surface area contributed by atoms with Gasteiger partial charge in [0.15, 0.2) is 0 Å². The second-order valence-corrected chi connectivity index (χ2v) is 5.60. The lowest BCUT2D eigenvalue weighted by molar-refractivity contribution is -0.0210. The Bertz CT molecular complexity index is 634. The molecule has 0 saturated carbocycles. The Balaban J connectivity index is 1.64. The van der Waals surface area contributed by atoms with Crippen LogP contribution in [0, 0.1) is 0 Å². The van der Waals surface area contributed by atoms with Gasteiger partial charge in [0, 0.05) is 36.9 Å². The van der Waals surface area contributed by atoms with Crippen molar-refractivity contribution in [3.05, 3.63) is 59.1 Å². The predicted molar refractivity (Wildman–Crippen MR) is 82.8 cm³/mol. The summed E-state index contributed by atoms with van der Waals surface area (Å²) in [7, 11) is 0. The summed E-state index contributed by atoms with van der Waals surface area (Å²) >= 11 is 5.89.